The molecule has 0 fully saturated rings. The Morgan fingerprint density at radius 2 is 2.12 bits per heavy atom. The molecule has 0 saturated heterocycles. The second-order valence-electron chi connectivity index (χ2n) is 6.13. The molecule has 8 heteroatoms. The van der Waals surface area contributed by atoms with Crippen molar-refractivity contribution in [3.8, 4) is 0 Å². The molecule has 3 N–H and O–H groups in total. The minimum Gasteiger partial charge on any atom is -0.381 e. The van der Waals surface area contributed by atoms with Gasteiger partial charge in [-0.1, -0.05) is 0 Å². The summed E-state index contributed by atoms with van der Waals surface area (Å²) in [5, 5.41) is 9.82. The number of nitrogens with zero attached hydrogens (tertiary/aromatic N) is 3. The van der Waals surface area contributed by atoms with Gasteiger partial charge in [-0.25, -0.2) is 14.4 Å². The number of rotatable bonds is 5. The van der Waals surface area contributed by atoms with Crippen LogP contribution >= 0.6 is 0 Å². The predicted molar refractivity (Wildman–Crippen MR) is 98.7 cm³/mol. The molecule has 0 saturated carbocycles. The number of pyridine rings is 2. The molecule has 7 nitrogen and oxygen atoms in total. The van der Waals surface area contributed by atoms with E-state index in [0.29, 0.717) is 23.7 Å². The van der Waals surface area contributed by atoms with Gasteiger partial charge in [-0.15, -0.1) is 0 Å². The molecule has 1 aliphatic rings. The normalized spacial score (nSPS) is 13.4. The lowest BCUT2D eigenvalue weighted by molar-refractivity contribution is 0.0947. The highest BCUT2D eigenvalue weighted by Gasteiger charge is 2.25. The number of hydrogen-bond donors (Lipinski definition) is 3. The summed E-state index contributed by atoms with van der Waals surface area (Å²) in [5.41, 5.74) is 3.25. The van der Waals surface area contributed by atoms with Crippen LogP contribution in [0.2, 0.25) is 0 Å². The molecule has 4 rings (SSSR count). The molecule has 0 spiro atoms. The number of fused-ring (bicyclic) bond motifs is 3. The molecule has 0 atom stereocenters. The first kappa shape index (κ1) is 16.3. The van der Waals surface area contributed by atoms with Crippen LogP contribution in [0.3, 0.4) is 0 Å². The van der Waals surface area contributed by atoms with Crippen molar-refractivity contribution >= 4 is 34.3 Å². The van der Waals surface area contributed by atoms with Crippen LogP contribution in [-0.4, -0.2) is 40.2 Å². The topological polar surface area (TPSA) is 83.9 Å². The number of alkyl halides is 1. The summed E-state index contributed by atoms with van der Waals surface area (Å²) in [5.74, 6) is 1.24. The number of nitrogens with one attached hydrogen (secondary N) is 3. The van der Waals surface area contributed by atoms with Crippen molar-refractivity contribution in [2.24, 2.45) is 7.05 Å². The summed E-state index contributed by atoms with van der Waals surface area (Å²) in [4.78, 5) is 21.1. The number of amides is 1. The Kier molecular flexibility index (Phi) is 4.16. The Hall–Kier alpha value is -3.16. The predicted octanol–water partition coefficient (Wildman–Crippen LogP) is 2.38. The Balaban J connectivity index is 1.62. The molecular weight excluding hydrogens is 335 g/mol. The van der Waals surface area contributed by atoms with Gasteiger partial charge >= 0.3 is 0 Å². The lowest BCUT2D eigenvalue weighted by Gasteiger charge is -2.13. The van der Waals surface area contributed by atoms with Crippen molar-refractivity contribution in [1.82, 2.24) is 19.9 Å². The van der Waals surface area contributed by atoms with E-state index in [2.05, 4.69) is 25.9 Å². The summed E-state index contributed by atoms with van der Waals surface area (Å²) < 4.78 is 14.2. The van der Waals surface area contributed by atoms with Gasteiger partial charge in [-0.3, -0.25) is 4.79 Å². The summed E-state index contributed by atoms with van der Waals surface area (Å²) in [6.07, 6.45) is 2.44. The first-order valence-corrected chi connectivity index (χ1v) is 8.47. The molecule has 0 unspecified atom stereocenters. The highest BCUT2D eigenvalue weighted by Crippen LogP contribution is 2.28. The van der Waals surface area contributed by atoms with Crippen LogP contribution in [0.15, 0.2) is 30.5 Å². The monoisotopic (exact) mass is 354 g/mol. The van der Waals surface area contributed by atoms with Crippen molar-refractivity contribution in [2.75, 3.05) is 30.4 Å². The fraction of sp³-hybridized carbons (Fsp3) is 0.278. The minimum atomic E-state index is -0.428. The van der Waals surface area contributed by atoms with E-state index in [1.165, 1.54) is 0 Å². The van der Waals surface area contributed by atoms with E-state index >= 15 is 0 Å². The quantitative estimate of drug-likeness (QED) is 0.655. The van der Waals surface area contributed by atoms with Crippen LogP contribution in [0.1, 0.15) is 16.1 Å². The smallest absolute Gasteiger partial charge is 0.253 e. The standard InChI is InChI=1S/C18H19FN6O/c1-25-13-6-8-21-18(26)16(13)12-3-5-15(24-17(12)25)23-14-4-2-11(10-22-14)20-9-7-19/h2-5,10,20H,6-9H2,1H3,(H,21,26)(H,22,23,24). The van der Waals surface area contributed by atoms with Gasteiger partial charge in [0, 0.05) is 37.6 Å². The van der Waals surface area contributed by atoms with Crippen molar-refractivity contribution < 1.29 is 9.18 Å². The summed E-state index contributed by atoms with van der Waals surface area (Å²) in [7, 11) is 1.93. The number of aryl methyl sites for hydroxylation is 1. The Morgan fingerprint density at radius 1 is 1.27 bits per heavy atom. The third-order valence-electron chi connectivity index (χ3n) is 4.47. The lowest BCUT2D eigenvalue weighted by Crippen LogP contribution is -2.32. The zero-order valence-corrected chi connectivity index (χ0v) is 14.3. The van der Waals surface area contributed by atoms with E-state index in [1.54, 1.807) is 12.3 Å². The van der Waals surface area contributed by atoms with E-state index < -0.39 is 6.67 Å². The number of carbonyl (C=O) groups excluding carboxylic acids is 1. The van der Waals surface area contributed by atoms with Crippen molar-refractivity contribution in [3.63, 3.8) is 0 Å². The van der Waals surface area contributed by atoms with Crippen LogP contribution in [0.25, 0.3) is 11.0 Å². The Bertz CT molecular complexity index is 966. The van der Waals surface area contributed by atoms with Crippen LogP contribution < -0.4 is 16.0 Å². The molecule has 0 aliphatic carbocycles. The third-order valence-corrected chi connectivity index (χ3v) is 4.47. The second-order valence-corrected chi connectivity index (χ2v) is 6.13. The fourth-order valence-corrected chi connectivity index (χ4v) is 3.24. The van der Waals surface area contributed by atoms with Crippen LogP contribution in [-0.2, 0) is 13.5 Å². The molecule has 1 aliphatic heterocycles. The fourth-order valence-electron chi connectivity index (χ4n) is 3.24. The summed E-state index contributed by atoms with van der Waals surface area (Å²) >= 11 is 0. The third kappa shape index (κ3) is 2.83. The van der Waals surface area contributed by atoms with Crippen LogP contribution in [0.5, 0.6) is 0 Å². The molecule has 0 radical (unpaired) electrons. The van der Waals surface area contributed by atoms with Gasteiger partial charge in [-0.2, -0.15) is 0 Å². The first-order chi connectivity index (χ1) is 12.7. The van der Waals surface area contributed by atoms with Crippen molar-refractivity contribution in [2.45, 2.75) is 6.42 Å². The molecule has 0 aromatic carbocycles. The van der Waals surface area contributed by atoms with Crippen LogP contribution in [0, 0.1) is 0 Å². The summed E-state index contributed by atoms with van der Waals surface area (Å²) in [6, 6.07) is 7.37. The largest absolute Gasteiger partial charge is 0.381 e. The SMILES string of the molecule is Cn1c2c(c3ccc(Nc4ccc(NCCF)cn4)nc31)C(=O)NCC2. The van der Waals surface area contributed by atoms with E-state index in [9.17, 15) is 9.18 Å². The Morgan fingerprint density at radius 3 is 2.88 bits per heavy atom. The maximum atomic E-state index is 12.2. The van der Waals surface area contributed by atoms with E-state index in [0.717, 1.165) is 28.8 Å². The zero-order valence-electron chi connectivity index (χ0n) is 14.3. The lowest BCUT2D eigenvalue weighted by atomic mass is 10.1. The van der Waals surface area contributed by atoms with Gasteiger partial charge < -0.3 is 20.5 Å². The minimum absolute atomic E-state index is 0.0441. The van der Waals surface area contributed by atoms with Gasteiger partial charge in [0.05, 0.1) is 17.4 Å². The van der Waals surface area contributed by atoms with Crippen molar-refractivity contribution in [3.05, 3.63) is 41.7 Å². The Labute approximate surface area is 149 Å². The van der Waals surface area contributed by atoms with Gasteiger partial charge in [0.25, 0.3) is 5.91 Å². The number of halogens is 1. The molecule has 0 bridgehead atoms. The second kappa shape index (κ2) is 6.62. The number of anilines is 3. The van der Waals surface area contributed by atoms with E-state index in [4.69, 9.17) is 0 Å². The molecule has 3 aromatic rings. The first-order valence-electron chi connectivity index (χ1n) is 8.47. The van der Waals surface area contributed by atoms with Gasteiger partial charge in [0.15, 0.2) is 0 Å². The maximum Gasteiger partial charge on any atom is 0.253 e. The maximum absolute atomic E-state index is 12.2. The summed E-state index contributed by atoms with van der Waals surface area (Å²) in [6.45, 7) is 0.481. The van der Waals surface area contributed by atoms with Crippen LogP contribution in [0.4, 0.5) is 21.7 Å². The molecular formula is C18H19FN6O. The van der Waals surface area contributed by atoms with E-state index in [1.807, 2.05) is 29.8 Å². The zero-order chi connectivity index (χ0) is 18.1. The molecule has 134 valence electrons. The van der Waals surface area contributed by atoms with E-state index in [-0.39, 0.29) is 12.5 Å². The van der Waals surface area contributed by atoms with Gasteiger partial charge in [-0.05, 0) is 24.3 Å². The number of hydrogen-bond acceptors (Lipinski definition) is 5. The highest BCUT2D eigenvalue weighted by molar-refractivity contribution is 6.08. The van der Waals surface area contributed by atoms with Gasteiger partial charge in [0.1, 0.15) is 24.0 Å². The average Bonchev–Trinajstić information content (AvgIpc) is 2.95. The van der Waals surface area contributed by atoms with Gasteiger partial charge in [0.2, 0.25) is 0 Å². The highest BCUT2D eigenvalue weighted by atomic mass is 19.1. The molecule has 1 amide bonds. The molecule has 3 aromatic heterocycles. The van der Waals surface area contributed by atoms with Crippen molar-refractivity contribution in [1.29, 1.82) is 0 Å². The number of carbonyl (C=O) groups is 1. The molecule has 4 heterocycles. The molecule has 26 heavy (non-hydrogen) atoms. The number of aromatic nitrogens is 3. The average molecular weight is 354 g/mol.